The smallest absolute Gasteiger partial charge is 0.351 e. The van der Waals surface area contributed by atoms with Crippen LogP contribution in [-0.4, -0.2) is 55.4 Å². The van der Waals surface area contributed by atoms with E-state index >= 15 is 0 Å². The molecule has 1 saturated heterocycles. The third kappa shape index (κ3) is 5.35. The summed E-state index contributed by atoms with van der Waals surface area (Å²) in [7, 11) is -0.142. The van der Waals surface area contributed by atoms with E-state index in [0.717, 1.165) is 0 Å². The molecule has 0 aliphatic carbocycles. The van der Waals surface area contributed by atoms with Crippen molar-refractivity contribution in [3.8, 4) is 0 Å². The van der Waals surface area contributed by atoms with Gasteiger partial charge in [0.25, 0.3) is 0 Å². The molecule has 29 heavy (non-hydrogen) atoms. The van der Waals surface area contributed by atoms with Gasteiger partial charge in [0.05, 0.1) is 31.1 Å². The average molecular weight is 420 g/mol. The van der Waals surface area contributed by atoms with Gasteiger partial charge in [-0.05, 0) is 0 Å². The summed E-state index contributed by atoms with van der Waals surface area (Å²) in [6.07, 6.45) is 6.22. The number of aromatic nitrogens is 4. The summed E-state index contributed by atoms with van der Waals surface area (Å²) >= 11 is 0. The van der Waals surface area contributed by atoms with Crippen molar-refractivity contribution in [1.29, 1.82) is 0 Å². The summed E-state index contributed by atoms with van der Waals surface area (Å²) in [5.74, 6) is -0.133. The first-order valence-electron chi connectivity index (χ1n) is 8.89. The summed E-state index contributed by atoms with van der Waals surface area (Å²) < 4.78 is 17.6. The summed E-state index contributed by atoms with van der Waals surface area (Å²) in [6.45, 7) is 0.259. The zero-order chi connectivity index (χ0) is 20.8. The number of hydrogen-bond donors (Lipinski definition) is 4. The number of aliphatic hydroxyl groups excluding tert-OH is 1. The van der Waals surface area contributed by atoms with Crippen LogP contribution in [0.15, 0.2) is 29.6 Å². The van der Waals surface area contributed by atoms with Gasteiger partial charge in [-0.15, -0.1) is 0 Å². The number of rotatable bonds is 8. The molecule has 2 aromatic heterocycles. The highest BCUT2D eigenvalue weighted by atomic mass is 31.1. The molecule has 0 bridgehead atoms. The second-order valence-electron chi connectivity index (χ2n) is 6.48. The second-order valence-corrected chi connectivity index (χ2v) is 7.10. The number of H-pyrrole nitrogens is 1. The number of carbonyl (C=O) groups excluding carboxylic acids is 1. The molecule has 12 heteroatoms. The van der Waals surface area contributed by atoms with Crippen LogP contribution in [0, 0.1) is 0 Å². The lowest BCUT2D eigenvalue weighted by molar-refractivity contribution is -0.120. The summed E-state index contributed by atoms with van der Waals surface area (Å²) in [6, 6.07) is 0. The Morgan fingerprint density at radius 2 is 2.38 bits per heavy atom. The van der Waals surface area contributed by atoms with E-state index in [9.17, 15) is 19.3 Å². The zero-order valence-corrected chi connectivity index (χ0v) is 16.3. The van der Waals surface area contributed by atoms with E-state index in [1.54, 1.807) is 18.3 Å². The number of anilines is 1. The molecule has 5 N–H and O–H groups in total. The minimum atomic E-state index is -0.824. The topological polar surface area (TPSA) is 165 Å². The fraction of sp³-hybridized carbons (Fsp3) is 0.412. The van der Waals surface area contributed by atoms with Gasteiger partial charge < -0.3 is 25.9 Å². The van der Waals surface area contributed by atoms with Gasteiger partial charge in [0, 0.05) is 36.6 Å². The van der Waals surface area contributed by atoms with Crippen LogP contribution >= 0.6 is 8.46 Å². The molecular weight excluding hydrogens is 399 g/mol. The molecule has 3 rings (SSSR count). The van der Waals surface area contributed by atoms with Crippen molar-refractivity contribution in [3.05, 3.63) is 46.5 Å². The van der Waals surface area contributed by atoms with E-state index in [1.807, 2.05) is 0 Å². The third-order valence-electron chi connectivity index (χ3n) is 4.40. The number of nitrogen functional groups attached to an aromatic ring is 1. The highest BCUT2D eigenvalue weighted by Crippen LogP contribution is 2.29. The molecule has 2 aromatic rings. The van der Waals surface area contributed by atoms with Gasteiger partial charge in [0.15, 0.2) is 8.46 Å². The molecule has 154 valence electrons. The maximum Gasteiger partial charge on any atom is 0.351 e. The second kappa shape index (κ2) is 9.55. The fourth-order valence-corrected chi connectivity index (χ4v) is 3.41. The van der Waals surface area contributed by atoms with E-state index in [-0.39, 0.29) is 45.7 Å². The van der Waals surface area contributed by atoms with E-state index in [0.29, 0.717) is 11.3 Å². The fourth-order valence-electron chi connectivity index (χ4n) is 2.93. The Labute approximate surface area is 167 Å². The van der Waals surface area contributed by atoms with Gasteiger partial charge in [-0.2, -0.15) is 4.98 Å². The van der Waals surface area contributed by atoms with Crippen molar-refractivity contribution in [3.63, 3.8) is 0 Å². The zero-order valence-electron chi connectivity index (χ0n) is 15.4. The van der Waals surface area contributed by atoms with Crippen LogP contribution in [0.25, 0.3) is 6.08 Å². The molecule has 1 aliphatic heterocycles. The number of nitrogens with one attached hydrogen (secondary N) is 2. The maximum absolute atomic E-state index is 12.2. The molecule has 11 nitrogen and oxygen atoms in total. The Balaban J connectivity index is 1.63. The molecule has 3 heterocycles. The lowest BCUT2D eigenvalue weighted by atomic mass is 10.2. The Kier molecular flexibility index (Phi) is 6.86. The predicted octanol–water partition coefficient (Wildman–Crippen LogP) is -0.139. The third-order valence-corrected chi connectivity index (χ3v) is 4.91. The molecule has 0 aromatic carbocycles. The predicted molar refractivity (Wildman–Crippen MR) is 104 cm³/mol. The summed E-state index contributed by atoms with van der Waals surface area (Å²) in [5.41, 5.74) is 6.39. The number of nitrogens with two attached hydrogens (primary N) is 1. The largest absolute Gasteiger partial charge is 0.390 e. The van der Waals surface area contributed by atoms with Crippen LogP contribution in [-0.2, 0) is 20.5 Å². The molecule has 3 atom stereocenters. The first kappa shape index (κ1) is 20.8. The molecule has 1 aliphatic rings. The Bertz CT molecular complexity index is 944. The number of imidazole rings is 1. The molecule has 0 spiro atoms. The lowest BCUT2D eigenvalue weighted by Crippen LogP contribution is -2.28. The number of nitrogens with zero attached hydrogens (tertiary/aromatic N) is 3. The number of aliphatic hydroxyl groups is 1. The minimum absolute atomic E-state index is 0.0412. The van der Waals surface area contributed by atoms with Crippen molar-refractivity contribution in [2.24, 2.45) is 0 Å². The average Bonchev–Trinajstić information content (AvgIpc) is 3.30. The Morgan fingerprint density at radius 3 is 3.10 bits per heavy atom. The maximum atomic E-state index is 12.2. The van der Waals surface area contributed by atoms with E-state index in [2.05, 4.69) is 20.3 Å². The van der Waals surface area contributed by atoms with Crippen molar-refractivity contribution < 1.29 is 19.2 Å². The highest BCUT2D eigenvalue weighted by molar-refractivity contribution is 7.23. The lowest BCUT2D eigenvalue weighted by Gasteiger charge is -2.15. The van der Waals surface area contributed by atoms with Gasteiger partial charge in [0.2, 0.25) is 5.91 Å². The van der Waals surface area contributed by atoms with E-state index < -0.39 is 24.1 Å². The van der Waals surface area contributed by atoms with Crippen LogP contribution in [0.5, 0.6) is 0 Å². The van der Waals surface area contributed by atoms with Gasteiger partial charge in [-0.1, -0.05) is 12.2 Å². The normalized spacial score (nSPS) is 21.8. The van der Waals surface area contributed by atoms with Crippen LogP contribution in [0.4, 0.5) is 5.82 Å². The summed E-state index contributed by atoms with van der Waals surface area (Å²) in [5, 5.41) is 12.7. The van der Waals surface area contributed by atoms with Crippen LogP contribution < -0.4 is 16.7 Å². The first-order valence-corrected chi connectivity index (χ1v) is 9.89. The van der Waals surface area contributed by atoms with E-state index in [4.69, 9.17) is 10.5 Å². The van der Waals surface area contributed by atoms with Crippen molar-refractivity contribution in [2.75, 3.05) is 18.4 Å². The molecular formula is C17H21N6O5P. The first-order chi connectivity index (χ1) is 14.0. The minimum Gasteiger partial charge on any atom is -0.390 e. The molecule has 0 saturated carbocycles. The van der Waals surface area contributed by atoms with Crippen molar-refractivity contribution in [2.45, 2.75) is 31.3 Å². The van der Waals surface area contributed by atoms with Crippen LogP contribution in [0.1, 0.15) is 23.9 Å². The van der Waals surface area contributed by atoms with Gasteiger partial charge >= 0.3 is 5.69 Å². The van der Waals surface area contributed by atoms with E-state index in [1.165, 1.54) is 17.1 Å². The van der Waals surface area contributed by atoms with Gasteiger partial charge in [-0.3, -0.25) is 13.9 Å². The van der Waals surface area contributed by atoms with Gasteiger partial charge in [0.1, 0.15) is 12.0 Å². The molecule has 1 fully saturated rings. The SMILES string of the molecule is Nc1nc(=O)n(C2CC(O)C(CP=O)O2)cc1C=CCNC(=O)Cc1cnc[nH]1. The Hall–Kier alpha value is -2.88. The monoisotopic (exact) mass is 420 g/mol. The number of carbonyl (C=O) groups is 1. The highest BCUT2D eigenvalue weighted by Gasteiger charge is 2.35. The van der Waals surface area contributed by atoms with Crippen LogP contribution in [0.3, 0.4) is 0 Å². The Morgan fingerprint density at radius 1 is 1.55 bits per heavy atom. The summed E-state index contributed by atoms with van der Waals surface area (Å²) in [4.78, 5) is 34.5. The molecule has 3 unspecified atom stereocenters. The van der Waals surface area contributed by atoms with Gasteiger partial charge in [-0.25, -0.2) is 9.78 Å². The standard InChI is InChI=1S/C17H21N6O5P/c18-16-10(2-1-3-20-14(25)4-11-6-19-9-21-11)7-23(17(26)22-16)15-5-12(24)13(28-15)8-29-27/h1-2,6-7,9,12-13,15,24H,3-5,8H2,(H,19,21)(H,20,25)(H2,18,22,26). The van der Waals surface area contributed by atoms with Crippen LogP contribution in [0.2, 0.25) is 0 Å². The molecule has 1 amide bonds. The van der Waals surface area contributed by atoms with Crippen molar-refractivity contribution >= 4 is 26.3 Å². The number of amides is 1. The van der Waals surface area contributed by atoms with Crippen molar-refractivity contribution in [1.82, 2.24) is 24.8 Å². The number of ether oxygens (including phenoxy) is 1. The number of aromatic amines is 1. The molecule has 0 radical (unpaired) electrons. The number of hydrogen-bond acceptors (Lipinski definition) is 8. The quantitative estimate of drug-likeness (QED) is 0.428.